The second kappa shape index (κ2) is 16.1. The van der Waals surface area contributed by atoms with Gasteiger partial charge in [0.15, 0.2) is 0 Å². The first-order valence-corrected chi connectivity index (χ1v) is 21.7. The number of phenols is 1. The van der Waals surface area contributed by atoms with Crippen LogP contribution in [0, 0.1) is 35.0 Å². The van der Waals surface area contributed by atoms with Crippen LogP contribution in [0.2, 0.25) is 0 Å². The molecule has 3 aliphatic heterocycles. The molecule has 4 aliphatic carbocycles. The van der Waals surface area contributed by atoms with Gasteiger partial charge in [0.1, 0.15) is 17.3 Å². The summed E-state index contributed by atoms with van der Waals surface area (Å²) in [6.07, 6.45) is 13.8. The van der Waals surface area contributed by atoms with Gasteiger partial charge in [-0.1, -0.05) is 61.5 Å². The Hall–Kier alpha value is -4.76. The number of phenolic OH excluding ortho intramolecular Hbond substituents is 1. The molecule has 8 nitrogen and oxygen atoms in total. The lowest BCUT2D eigenvalue weighted by atomic mass is 9.44. The highest BCUT2D eigenvalue weighted by Crippen LogP contribution is 2.72. The van der Waals surface area contributed by atoms with E-state index >= 15 is 0 Å². The van der Waals surface area contributed by atoms with Gasteiger partial charge in [0.05, 0.1) is 17.2 Å². The third kappa shape index (κ3) is 6.77. The maximum absolute atomic E-state index is 14.8. The van der Waals surface area contributed by atoms with Crippen molar-refractivity contribution in [1.82, 2.24) is 16.0 Å². The minimum absolute atomic E-state index is 0.0102. The monoisotopic (exact) mass is 779 g/mol. The van der Waals surface area contributed by atoms with Crippen molar-refractivity contribution < 1.29 is 24.2 Å². The zero-order valence-corrected chi connectivity index (χ0v) is 34.1. The van der Waals surface area contributed by atoms with E-state index in [9.17, 15) is 14.7 Å². The number of esters is 2. The van der Waals surface area contributed by atoms with Gasteiger partial charge in [-0.3, -0.25) is 0 Å². The molecule has 3 aromatic rings. The van der Waals surface area contributed by atoms with E-state index in [4.69, 9.17) is 9.47 Å². The van der Waals surface area contributed by atoms with E-state index in [-0.39, 0.29) is 41.4 Å². The number of benzene rings is 3. The number of hydrogen-bond acceptors (Lipinski definition) is 8. The van der Waals surface area contributed by atoms with E-state index in [0.29, 0.717) is 29.8 Å². The summed E-state index contributed by atoms with van der Waals surface area (Å²) in [6.45, 7) is 3.93. The van der Waals surface area contributed by atoms with Crippen LogP contribution in [-0.2, 0) is 32.0 Å². The topological polar surface area (TPSA) is 109 Å². The summed E-state index contributed by atoms with van der Waals surface area (Å²) in [4.78, 5) is 29.2. The Morgan fingerprint density at radius 3 is 2.59 bits per heavy atom. The number of aromatic hydroxyl groups is 1. The first kappa shape index (κ1) is 38.7. The highest BCUT2D eigenvalue weighted by Gasteiger charge is 2.68. The summed E-state index contributed by atoms with van der Waals surface area (Å²) < 4.78 is 12.8. The number of fused-ring (bicyclic) bond motifs is 1. The van der Waals surface area contributed by atoms with Crippen LogP contribution in [0.15, 0.2) is 113 Å². The van der Waals surface area contributed by atoms with Crippen molar-refractivity contribution in [2.75, 3.05) is 20.6 Å². The molecular formula is C50H57N3O5. The van der Waals surface area contributed by atoms with Gasteiger partial charge < -0.3 is 30.5 Å². The third-order valence-corrected chi connectivity index (χ3v) is 14.3. The van der Waals surface area contributed by atoms with Gasteiger partial charge in [0.2, 0.25) is 0 Å². The van der Waals surface area contributed by atoms with Crippen molar-refractivity contribution >= 4 is 17.5 Å². The molecule has 0 radical (unpaired) electrons. The Morgan fingerprint density at radius 2 is 1.78 bits per heavy atom. The lowest BCUT2D eigenvalue weighted by molar-refractivity contribution is -0.135. The number of nitrogens with one attached hydrogen (secondary N) is 3. The molecule has 3 aromatic carbocycles. The second-order valence-corrected chi connectivity index (χ2v) is 17.4. The lowest BCUT2D eigenvalue weighted by Crippen LogP contribution is -2.52. The molecule has 2 saturated heterocycles. The van der Waals surface area contributed by atoms with Crippen LogP contribution >= 0.6 is 0 Å². The minimum atomic E-state index is -0.820. The number of piperidine rings is 1. The lowest BCUT2D eigenvalue weighted by Gasteiger charge is -2.56. The smallest absolute Gasteiger partial charge is 0.340 e. The summed E-state index contributed by atoms with van der Waals surface area (Å²) in [5, 5.41) is 21.3. The van der Waals surface area contributed by atoms with Crippen LogP contribution in [0.4, 0.5) is 0 Å². The maximum Gasteiger partial charge on any atom is 0.340 e. The van der Waals surface area contributed by atoms with Crippen LogP contribution in [0.1, 0.15) is 81.4 Å². The van der Waals surface area contributed by atoms with E-state index in [0.717, 1.165) is 116 Å². The number of carbonyl (C=O) groups excluding carboxylic acids is 2. The van der Waals surface area contributed by atoms with Gasteiger partial charge in [-0.2, -0.15) is 0 Å². The molecule has 58 heavy (non-hydrogen) atoms. The molecule has 0 aromatic heterocycles. The molecule has 1 spiro atoms. The summed E-state index contributed by atoms with van der Waals surface area (Å²) >= 11 is 0. The van der Waals surface area contributed by atoms with Crippen LogP contribution in [-0.4, -0.2) is 43.9 Å². The number of rotatable bonds is 12. The van der Waals surface area contributed by atoms with Crippen molar-refractivity contribution in [1.29, 1.82) is 0 Å². The third-order valence-electron chi connectivity index (χ3n) is 14.3. The number of allylic oxidation sites excluding steroid dienone is 5. The summed E-state index contributed by atoms with van der Waals surface area (Å²) in [7, 11) is 3.95. The molecule has 7 atom stereocenters. The number of carbonyl (C=O) groups is 2. The first-order valence-electron chi connectivity index (χ1n) is 21.7. The van der Waals surface area contributed by atoms with Crippen LogP contribution < -0.4 is 16.0 Å². The van der Waals surface area contributed by atoms with Gasteiger partial charge in [-0.05, 0) is 172 Å². The van der Waals surface area contributed by atoms with E-state index in [1.165, 1.54) is 5.56 Å². The second-order valence-electron chi connectivity index (χ2n) is 17.4. The van der Waals surface area contributed by atoms with E-state index in [2.05, 4.69) is 83.6 Å². The van der Waals surface area contributed by atoms with E-state index in [1.807, 2.05) is 32.3 Å². The van der Waals surface area contributed by atoms with Crippen molar-refractivity contribution in [2.45, 2.75) is 83.8 Å². The highest BCUT2D eigenvalue weighted by atomic mass is 16.5. The van der Waals surface area contributed by atoms with E-state index in [1.54, 1.807) is 6.07 Å². The SMILES string of the molecule is CC[C@H](/C=C1\OC(=O)C2=C(c3cc(O)ccc3-c3cccc(CNC)c3)[C@@H]3CC[C@@]21[C@H]1C2=C(CC[C@@H]31)C(=CCC[C@@H]1CCN[C@H](NC)C1)OC2=O)Cc1ccccc1. The fourth-order valence-corrected chi connectivity index (χ4v) is 11.7. The molecule has 7 aliphatic rings. The average molecular weight is 780 g/mol. The van der Waals surface area contributed by atoms with Crippen molar-refractivity contribution in [3.63, 3.8) is 0 Å². The fourth-order valence-electron chi connectivity index (χ4n) is 11.7. The van der Waals surface area contributed by atoms with Crippen molar-refractivity contribution in [2.24, 2.45) is 35.0 Å². The van der Waals surface area contributed by atoms with Crippen LogP contribution in [0.3, 0.4) is 0 Å². The molecule has 10 rings (SSSR count). The Morgan fingerprint density at radius 1 is 0.931 bits per heavy atom. The molecule has 8 heteroatoms. The van der Waals surface area contributed by atoms with Crippen molar-refractivity contribution in [3.05, 3.63) is 130 Å². The largest absolute Gasteiger partial charge is 0.508 e. The number of cyclic esters (lactones) is 2. The first-order chi connectivity index (χ1) is 28.3. The molecule has 3 heterocycles. The summed E-state index contributed by atoms with van der Waals surface area (Å²) in [5.74, 6) is 1.62. The van der Waals surface area contributed by atoms with Gasteiger partial charge in [-0.25, -0.2) is 9.59 Å². The van der Waals surface area contributed by atoms with Gasteiger partial charge >= 0.3 is 11.9 Å². The van der Waals surface area contributed by atoms with Crippen LogP contribution in [0.5, 0.6) is 5.75 Å². The Balaban J connectivity index is 1.18. The Kier molecular flexibility index (Phi) is 10.8. The standard InChI is InChI=1S/C50H57N3O5/c1-4-30(24-31-10-6-5-7-11-31)26-42-50-22-20-37(38-18-19-39-41(57-48(55)45(39)46(38)50)15-9-12-32-21-23-53-43(27-32)52-3)44(47(50)49(56)58-42)40-28-35(54)16-17-36(40)34-14-8-13-33(25-34)29-51-2/h5-8,10-11,13-17,25-26,28,30,32,37-38,43,46,51-54H,4,9,12,18-24,27,29H2,1-3H3/b41-15?,42-26-/t30-,32+,37+,38-,43-,46+,50+/m0/s1. The van der Waals surface area contributed by atoms with Crippen LogP contribution in [0.25, 0.3) is 16.7 Å². The predicted molar refractivity (Wildman–Crippen MR) is 227 cm³/mol. The Bertz CT molecular complexity index is 2220. The maximum atomic E-state index is 14.8. The van der Waals surface area contributed by atoms with Gasteiger partial charge in [-0.15, -0.1) is 0 Å². The molecule has 3 fully saturated rings. The zero-order chi connectivity index (χ0) is 40.0. The molecule has 302 valence electrons. The highest BCUT2D eigenvalue weighted by molar-refractivity contribution is 6.07. The van der Waals surface area contributed by atoms with Gasteiger partial charge in [0.25, 0.3) is 0 Å². The van der Waals surface area contributed by atoms with E-state index < -0.39 is 5.41 Å². The average Bonchev–Trinajstić information content (AvgIpc) is 3.73. The number of hydrogen-bond donors (Lipinski definition) is 4. The minimum Gasteiger partial charge on any atom is -0.508 e. The summed E-state index contributed by atoms with van der Waals surface area (Å²) in [6, 6.07) is 24.6. The molecule has 4 N–H and O–H groups in total. The van der Waals surface area contributed by atoms with Crippen molar-refractivity contribution in [3.8, 4) is 16.9 Å². The molecule has 1 saturated carbocycles. The molecule has 0 unspecified atom stereocenters. The normalized spacial score (nSPS) is 29.4. The fraction of sp³-hybridized carbons (Fsp3) is 0.440. The molecular weight excluding hydrogens is 723 g/mol. The quantitative estimate of drug-likeness (QED) is 0.135. The summed E-state index contributed by atoms with van der Waals surface area (Å²) in [5.41, 5.74) is 7.92. The predicted octanol–water partition coefficient (Wildman–Crippen LogP) is 8.74. The number of ether oxygens (including phenoxy) is 2. The molecule has 0 amide bonds. The molecule has 2 bridgehead atoms. The van der Waals surface area contributed by atoms with Gasteiger partial charge in [0, 0.05) is 23.6 Å². The Labute approximate surface area is 342 Å². The zero-order valence-electron chi connectivity index (χ0n) is 34.1.